The highest BCUT2D eigenvalue weighted by atomic mass is 15.3. The van der Waals surface area contributed by atoms with Gasteiger partial charge in [-0.15, -0.1) is 0 Å². The standard InChI is InChI=1S/C19H17N5/c1-13-8-10-15(11-9-13)22-18-17-14(2)23-24(19(17)21-12-20-18)16-6-4-3-5-7-16/h3-12H,1-2H3,(H,20,21,22). The lowest BCUT2D eigenvalue weighted by Gasteiger charge is -2.07. The van der Waals surface area contributed by atoms with E-state index in [4.69, 9.17) is 0 Å². The number of hydrogen-bond donors (Lipinski definition) is 1. The molecule has 1 N–H and O–H groups in total. The van der Waals surface area contributed by atoms with Crippen molar-refractivity contribution in [1.82, 2.24) is 19.7 Å². The van der Waals surface area contributed by atoms with E-state index in [2.05, 4.69) is 39.4 Å². The maximum Gasteiger partial charge on any atom is 0.168 e. The third kappa shape index (κ3) is 2.50. The summed E-state index contributed by atoms with van der Waals surface area (Å²) in [6.07, 6.45) is 1.57. The van der Waals surface area contributed by atoms with Gasteiger partial charge in [0.25, 0.3) is 0 Å². The molecule has 0 fully saturated rings. The Balaban J connectivity index is 1.83. The van der Waals surface area contributed by atoms with E-state index in [-0.39, 0.29) is 0 Å². The number of para-hydroxylation sites is 1. The molecule has 2 heterocycles. The fourth-order valence-corrected chi connectivity index (χ4v) is 2.74. The van der Waals surface area contributed by atoms with Crippen molar-refractivity contribution >= 4 is 22.5 Å². The van der Waals surface area contributed by atoms with Crippen molar-refractivity contribution in [3.05, 3.63) is 72.2 Å². The van der Waals surface area contributed by atoms with Crippen molar-refractivity contribution < 1.29 is 0 Å². The molecular weight excluding hydrogens is 298 g/mol. The summed E-state index contributed by atoms with van der Waals surface area (Å²) in [6, 6.07) is 18.2. The van der Waals surface area contributed by atoms with Crippen molar-refractivity contribution in [3.63, 3.8) is 0 Å². The van der Waals surface area contributed by atoms with Crippen molar-refractivity contribution in [2.45, 2.75) is 13.8 Å². The summed E-state index contributed by atoms with van der Waals surface area (Å²) in [5.41, 5.74) is 4.89. The first-order chi connectivity index (χ1) is 11.7. The summed E-state index contributed by atoms with van der Waals surface area (Å²) in [7, 11) is 0. The summed E-state index contributed by atoms with van der Waals surface area (Å²) in [4.78, 5) is 8.86. The van der Waals surface area contributed by atoms with Gasteiger partial charge in [-0.2, -0.15) is 5.10 Å². The molecule has 5 nitrogen and oxygen atoms in total. The van der Waals surface area contributed by atoms with Gasteiger partial charge in [0, 0.05) is 5.69 Å². The van der Waals surface area contributed by atoms with Gasteiger partial charge in [-0.25, -0.2) is 14.6 Å². The van der Waals surface area contributed by atoms with Gasteiger partial charge in [-0.3, -0.25) is 0 Å². The van der Waals surface area contributed by atoms with Crippen LogP contribution in [0.15, 0.2) is 60.9 Å². The molecule has 0 amide bonds. The molecule has 0 aliphatic carbocycles. The van der Waals surface area contributed by atoms with E-state index >= 15 is 0 Å². The van der Waals surface area contributed by atoms with Crippen LogP contribution >= 0.6 is 0 Å². The minimum Gasteiger partial charge on any atom is -0.340 e. The van der Waals surface area contributed by atoms with Crippen molar-refractivity contribution in [1.29, 1.82) is 0 Å². The molecule has 0 atom stereocenters. The van der Waals surface area contributed by atoms with Crippen LogP contribution in [0, 0.1) is 13.8 Å². The van der Waals surface area contributed by atoms with Crippen LogP contribution in [-0.2, 0) is 0 Å². The number of nitrogens with zero attached hydrogens (tertiary/aromatic N) is 4. The van der Waals surface area contributed by atoms with Gasteiger partial charge < -0.3 is 5.32 Å². The molecule has 0 saturated heterocycles. The maximum atomic E-state index is 4.65. The molecule has 0 bridgehead atoms. The third-order valence-corrected chi connectivity index (χ3v) is 3.95. The lowest BCUT2D eigenvalue weighted by atomic mass is 10.2. The van der Waals surface area contributed by atoms with E-state index in [1.165, 1.54) is 5.56 Å². The molecule has 118 valence electrons. The van der Waals surface area contributed by atoms with Gasteiger partial charge in [-0.05, 0) is 38.1 Å². The first kappa shape index (κ1) is 14.4. The van der Waals surface area contributed by atoms with Crippen molar-refractivity contribution in [2.75, 3.05) is 5.32 Å². The molecule has 0 aliphatic rings. The normalized spacial score (nSPS) is 10.9. The van der Waals surface area contributed by atoms with Gasteiger partial charge in [-0.1, -0.05) is 35.9 Å². The first-order valence-corrected chi connectivity index (χ1v) is 7.82. The quantitative estimate of drug-likeness (QED) is 0.616. The van der Waals surface area contributed by atoms with Crippen molar-refractivity contribution in [2.24, 2.45) is 0 Å². The Kier molecular flexibility index (Phi) is 3.46. The molecule has 5 heteroatoms. The number of benzene rings is 2. The fourth-order valence-electron chi connectivity index (χ4n) is 2.74. The topological polar surface area (TPSA) is 55.6 Å². The summed E-state index contributed by atoms with van der Waals surface area (Å²) in [5, 5.41) is 8.96. The monoisotopic (exact) mass is 315 g/mol. The van der Waals surface area contributed by atoms with E-state index < -0.39 is 0 Å². The van der Waals surface area contributed by atoms with E-state index in [0.29, 0.717) is 0 Å². The largest absolute Gasteiger partial charge is 0.340 e. The number of aromatic nitrogens is 4. The van der Waals surface area contributed by atoms with Crippen molar-refractivity contribution in [3.8, 4) is 5.69 Å². The highest BCUT2D eigenvalue weighted by Crippen LogP contribution is 2.27. The molecule has 4 rings (SSSR count). The Labute approximate surface area is 140 Å². The second-order valence-corrected chi connectivity index (χ2v) is 5.74. The number of hydrogen-bond acceptors (Lipinski definition) is 4. The lowest BCUT2D eigenvalue weighted by molar-refractivity contribution is 0.876. The minimum atomic E-state index is 0.767. The second kappa shape index (κ2) is 5.77. The molecule has 0 aliphatic heterocycles. The Bertz CT molecular complexity index is 988. The second-order valence-electron chi connectivity index (χ2n) is 5.74. The predicted molar refractivity (Wildman–Crippen MR) is 95.9 cm³/mol. The zero-order valence-corrected chi connectivity index (χ0v) is 13.6. The minimum absolute atomic E-state index is 0.767. The molecule has 4 aromatic rings. The average Bonchev–Trinajstić information content (AvgIpc) is 2.96. The van der Waals surface area contributed by atoms with Gasteiger partial charge in [0.2, 0.25) is 0 Å². The van der Waals surface area contributed by atoms with E-state index in [1.807, 2.05) is 54.1 Å². The van der Waals surface area contributed by atoms with Crippen LogP contribution in [-0.4, -0.2) is 19.7 Å². The highest BCUT2D eigenvalue weighted by Gasteiger charge is 2.15. The van der Waals surface area contributed by atoms with Crippen LogP contribution in [0.1, 0.15) is 11.3 Å². The van der Waals surface area contributed by atoms with Gasteiger partial charge in [0.05, 0.1) is 16.8 Å². The zero-order valence-electron chi connectivity index (χ0n) is 13.6. The Hall–Kier alpha value is -3.21. The highest BCUT2D eigenvalue weighted by molar-refractivity contribution is 5.91. The number of nitrogens with one attached hydrogen (secondary N) is 1. The molecule has 2 aromatic carbocycles. The van der Waals surface area contributed by atoms with E-state index in [9.17, 15) is 0 Å². The van der Waals surface area contributed by atoms with E-state index in [1.54, 1.807) is 6.33 Å². The van der Waals surface area contributed by atoms with Crippen LogP contribution in [0.5, 0.6) is 0 Å². The van der Waals surface area contributed by atoms with Gasteiger partial charge in [0.15, 0.2) is 5.65 Å². The molecule has 0 unspecified atom stereocenters. The predicted octanol–water partition coefficient (Wildman–Crippen LogP) is 4.18. The number of aryl methyl sites for hydroxylation is 2. The fraction of sp³-hybridized carbons (Fsp3) is 0.105. The summed E-state index contributed by atoms with van der Waals surface area (Å²) in [6.45, 7) is 4.05. The summed E-state index contributed by atoms with van der Waals surface area (Å²) < 4.78 is 1.85. The Morgan fingerprint density at radius 3 is 2.38 bits per heavy atom. The summed E-state index contributed by atoms with van der Waals surface area (Å²) in [5.74, 6) is 0.767. The molecule has 24 heavy (non-hydrogen) atoms. The van der Waals surface area contributed by atoms with Crippen LogP contribution < -0.4 is 5.32 Å². The number of anilines is 2. The third-order valence-electron chi connectivity index (χ3n) is 3.95. The molecule has 0 radical (unpaired) electrons. The van der Waals surface area contributed by atoms with Crippen LogP contribution in [0.3, 0.4) is 0 Å². The SMILES string of the molecule is Cc1ccc(Nc2ncnc3c2c(C)nn3-c2ccccc2)cc1. The maximum absolute atomic E-state index is 4.65. The summed E-state index contributed by atoms with van der Waals surface area (Å²) >= 11 is 0. The van der Waals surface area contributed by atoms with Crippen LogP contribution in [0.25, 0.3) is 16.7 Å². The van der Waals surface area contributed by atoms with Gasteiger partial charge in [0.1, 0.15) is 12.1 Å². The Morgan fingerprint density at radius 2 is 1.62 bits per heavy atom. The number of rotatable bonds is 3. The molecule has 0 spiro atoms. The molecule has 0 saturated carbocycles. The number of fused-ring (bicyclic) bond motifs is 1. The van der Waals surface area contributed by atoms with Crippen LogP contribution in [0.4, 0.5) is 11.5 Å². The average molecular weight is 315 g/mol. The smallest absolute Gasteiger partial charge is 0.168 e. The lowest BCUT2D eigenvalue weighted by Crippen LogP contribution is -1.99. The zero-order chi connectivity index (χ0) is 16.5. The van der Waals surface area contributed by atoms with Gasteiger partial charge >= 0.3 is 0 Å². The Morgan fingerprint density at radius 1 is 0.875 bits per heavy atom. The first-order valence-electron chi connectivity index (χ1n) is 7.82. The molecule has 2 aromatic heterocycles. The van der Waals surface area contributed by atoms with E-state index in [0.717, 1.165) is 33.9 Å². The van der Waals surface area contributed by atoms with Crippen LogP contribution in [0.2, 0.25) is 0 Å². The molecular formula is C19H17N5.